The number of benzene rings is 1. The molecular formula is C15H18ClNS. The summed E-state index contributed by atoms with van der Waals surface area (Å²) in [5.41, 5.74) is 4.14. The van der Waals surface area contributed by atoms with E-state index >= 15 is 0 Å². The lowest BCUT2D eigenvalue weighted by molar-refractivity contribution is -0.708. The molecule has 0 bridgehead atoms. The van der Waals surface area contributed by atoms with Crippen molar-refractivity contribution in [3.63, 3.8) is 0 Å². The van der Waals surface area contributed by atoms with Crippen molar-refractivity contribution < 1.29 is 17.0 Å². The highest BCUT2D eigenvalue weighted by Gasteiger charge is 2.07. The van der Waals surface area contributed by atoms with Crippen LogP contribution in [0.4, 0.5) is 0 Å². The predicted octanol–water partition coefficient (Wildman–Crippen LogP) is 0.424. The molecule has 0 aliphatic rings. The molecule has 0 radical (unpaired) electrons. The highest BCUT2D eigenvalue weighted by molar-refractivity contribution is 7.98. The van der Waals surface area contributed by atoms with E-state index in [1.54, 1.807) is 0 Å². The number of aryl methyl sites for hydroxylation is 3. The first kappa shape index (κ1) is 15.1. The molecule has 0 aliphatic carbocycles. The van der Waals surface area contributed by atoms with Gasteiger partial charge in [-0.1, -0.05) is 35.5 Å². The Bertz CT molecular complexity index is 526. The van der Waals surface area contributed by atoms with Crippen molar-refractivity contribution in [3.05, 3.63) is 59.3 Å². The van der Waals surface area contributed by atoms with Gasteiger partial charge in [-0.25, -0.2) is 0 Å². The minimum absolute atomic E-state index is 0. The highest BCUT2D eigenvalue weighted by Crippen LogP contribution is 2.22. The van der Waals surface area contributed by atoms with E-state index < -0.39 is 0 Å². The second kappa shape index (κ2) is 6.81. The van der Waals surface area contributed by atoms with Crippen molar-refractivity contribution in [2.24, 2.45) is 7.05 Å². The molecule has 2 rings (SSSR count). The molecule has 18 heavy (non-hydrogen) atoms. The Hall–Kier alpha value is -0.990. The molecule has 1 heterocycles. The maximum atomic E-state index is 2.28. The Morgan fingerprint density at radius 3 is 2.61 bits per heavy atom. The summed E-state index contributed by atoms with van der Waals surface area (Å²) in [5.74, 6) is 1.03. The molecule has 0 aliphatic heterocycles. The van der Waals surface area contributed by atoms with Crippen LogP contribution in [0.25, 0.3) is 0 Å². The average Bonchev–Trinajstić information content (AvgIpc) is 2.32. The second-order valence-corrected chi connectivity index (χ2v) is 5.36. The van der Waals surface area contributed by atoms with Gasteiger partial charge >= 0.3 is 0 Å². The van der Waals surface area contributed by atoms with Gasteiger partial charge in [0.1, 0.15) is 7.05 Å². The molecule has 1 aromatic carbocycles. The van der Waals surface area contributed by atoms with Crippen LogP contribution in [0, 0.1) is 13.8 Å². The van der Waals surface area contributed by atoms with Crippen LogP contribution in [-0.2, 0) is 12.8 Å². The van der Waals surface area contributed by atoms with Crippen LogP contribution in [0.5, 0.6) is 0 Å². The van der Waals surface area contributed by atoms with E-state index in [2.05, 4.69) is 68.1 Å². The molecule has 96 valence electrons. The number of halogens is 1. The van der Waals surface area contributed by atoms with Gasteiger partial charge in [0.15, 0.2) is 6.20 Å². The van der Waals surface area contributed by atoms with Crippen molar-refractivity contribution in [3.8, 4) is 0 Å². The van der Waals surface area contributed by atoms with Crippen LogP contribution < -0.4 is 17.0 Å². The number of hydrogen-bond acceptors (Lipinski definition) is 1. The average molecular weight is 280 g/mol. The summed E-state index contributed by atoms with van der Waals surface area (Å²) >= 11 is 1.89. The molecule has 0 atom stereocenters. The van der Waals surface area contributed by atoms with Crippen LogP contribution in [0.15, 0.2) is 47.6 Å². The molecule has 0 unspecified atom stereocenters. The van der Waals surface area contributed by atoms with E-state index in [0.29, 0.717) is 0 Å². The fraction of sp³-hybridized carbons (Fsp3) is 0.267. The van der Waals surface area contributed by atoms with E-state index in [0.717, 1.165) is 5.75 Å². The van der Waals surface area contributed by atoms with Gasteiger partial charge < -0.3 is 12.4 Å². The standard InChI is InChI=1S/C15H18NS.ClH/c1-12-7-8-13(2)14(10-12)11-17-15-6-4-5-9-16(15)3;/h4-10H,11H2,1-3H3;1H/q+1;/p-1. The largest absolute Gasteiger partial charge is 1.00 e. The van der Waals surface area contributed by atoms with Crippen LogP contribution in [0.1, 0.15) is 16.7 Å². The van der Waals surface area contributed by atoms with Crippen molar-refractivity contribution in [1.29, 1.82) is 0 Å². The van der Waals surface area contributed by atoms with Gasteiger partial charge in [0, 0.05) is 17.9 Å². The number of aromatic nitrogens is 1. The zero-order valence-corrected chi connectivity index (χ0v) is 12.6. The summed E-state index contributed by atoms with van der Waals surface area (Å²) in [6.45, 7) is 4.33. The lowest BCUT2D eigenvalue weighted by atomic mass is 10.1. The molecule has 0 N–H and O–H groups in total. The summed E-state index contributed by atoms with van der Waals surface area (Å²) in [6, 6.07) is 13.0. The van der Waals surface area contributed by atoms with E-state index in [1.807, 2.05) is 11.8 Å². The topological polar surface area (TPSA) is 3.88 Å². The number of rotatable bonds is 3. The minimum Gasteiger partial charge on any atom is -1.00 e. The Kier molecular flexibility index (Phi) is 5.70. The van der Waals surface area contributed by atoms with Gasteiger partial charge in [0.2, 0.25) is 5.03 Å². The monoisotopic (exact) mass is 279 g/mol. The third-order valence-corrected chi connectivity index (χ3v) is 4.06. The first-order chi connectivity index (χ1) is 8.16. The third-order valence-electron chi connectivity index (χ3n) is 2.89. The molecule has 0 saturated carbocycles. The zero-order valence-electron chi connectivity index (χ0n) is 11.0. The molecular weight excluding hydrogens is 262 g/mol. The van der Waals surface area contributed by atoms with Crippen LogP contribution in [-0.4, -0.2) is 0 Å². The van der Waals surface area contributed by atoms with E-state index in [9.17, 15) is 0 Å². The molecule has 0 amide bonds. The maximum absolute atomic E-state index is 2.28. The molecule has 1 nitrogen and oxygen atoms in total. The SMILES string of the molecule is Cc1ccc(C)c(CSc2cccc[n+]2C)c1.[Cl-]. The predicted molar refractivity (Wildman–Crippen MR) is 73.1 cm³/mol. The summed E-state index contributed by atoms with van der Waals surface area (Å²) in [4.78, 5) is 0. The number of pyridine rings is 1. The fourth-order valence-corrected chi connectivity index (χ4v) is 2.82. The Morgan fingerprint density at radius 2 is 1.89 bits per heavy atom. The van der Waals surface area contributed by atoms with Crippen molar-refractivity contribution >= 4 is 11.8 Å². The summed E-state index contributed by atoms with van der Waals surface area (Å²) in [5, 5.41) is 1.30. The lowest BCUT2D eigenvalue weighted by Gasteiger charge is -2.05. The molecule has 2 aromatic rings. The first-order valence-corrected chi connectivity index (χ1v) is 6.79. The quantitative estimate of drug-likeness (QED) is 0.582. The van der Waals surface area contributed by atoms with E-state index in [4.69, 9.17) is 0 Å². The summed E-state index contributed by atoms with van der Waals surface area (Å²) < 4.78 is 2.16. The van der Waals surface area contributed by atoms with Crippen molar-refractivity contribution in [1.82, 2.24) is 0 Å². The normalized spacial score (nSPS) is 9.94. The van der Waals surface area contributed by atoms with Crippen molar-refractivity contribution in [2.75, 3.05) is 0 Å². The molecule has 3 heteroatoms. The Labute approximate surface area is 120 Å². The van der Waals surface area contributed by atoms with Gasteiger partial charge in [-0.05, 0) is 31.0 Å². The highest BCUT2D eigenvalue weighted by atomic mass is 35.5. The number of hydrogen-bond donors (Lipinski definition) is 0. The molecule has 0 fully saturated rings. The summed E-state index contributed by atoms with van der Waals surface area (Å²) in [6.07, 6.45) is 2.09. The van der Waals surface area contributed by atoms with E-state index in [-0.39, 0.29) is 12.4 Å². The van der Waals surface area contributed by atoms with E-state index in [1.165, 1.54) is 21.7 Å². The number of thioether (sulfide) groups is 1. The smallest absolute Gasteiger partial charge is 0.240 e. The van der Waals surface area contributed by atoms with Gasteiger partial charge in [-0.15, -0.1) is 0 Å². The Morgan fingerprint density at radius 1 is 1.11 bits per heavy atom. The summed E-state index contributed by atoms with van der Waals surface area (Å²) in [7, 11) is 2.09. The van der Waals surface area contributed by atoms with Gasteiger partial charge in [0.25, 0.3) is 0 Å². The third kappa shape index (κ3) is 3.76. The second-order valence-electron chi connectivity index (χ2n) is 4.37. The van der Waals surface area contributed by atoms with Gasteiger partial charge in [-0.2, -0.15) is 4.57 Å². The van der Waals surface area contributed by atoms with Crippen LogP contribution in [0.3, 0.4) is 0 Å². The number of nitrogens with zero attached hydrogens (tertiary/aromatic N) is 1. The van der Waals surface area contributed by atoms with Gasteiger partial charge in [-0.3, -0.25) is 0 Å². The fourth-order valence-electron chi connectivity index (χ4n) is 1.77. The first-order valence-electron chi connectivity index (χ1n) is 5.80. The lowest BCUT2D eigenvalue weighted by Crippen LogP contribution is -3.00. The molecule has 0 spiro atoms. The van der Waals surface area contributed by atoms with Crippen molar-refractivity contribution in [2.45, 2.75) is 24.6 Å². The maximum Gasteiger partial charge on any atom is 0.240 e. The molecule has 1 aromatic heterocycles. The van der Waals surface area contributed by atoms with Gasteiger partial charge in [0.05, 0.1) is 0 Å². The minimum atomic E-state index is 0. The van der Waals surface area contributed by atoms with Crippen LogP contribution in [0.2, 0.25) is 0 Å². The Balaban J connectivity index is 0.00000162. The van der Waals surface area contributed by atoms with Crippen LogP contribution >= 0.6 is 11.8 Å². The zero-order chi connectivity index (χ0) is 12.3. The molecule has 0 saturated heterocycles.